The van der Waals surface area contributed by atoms with E-state index in [2.05, 4.69) is 0 Å². The zero-order valence-corrected chi connectivity index (χ0v) is 5.51. The Bertz CT molecular complexity index is 6.00. The maximum absolute atomic E-state index is 8.34. The Kier molecular flexibility index (Phi) is 159. The van der Waals surface area contributed by atoms with Crippen LogP contribution in [0.3, 0.4) is 0 Å². The molecule has 0 bridgehead atoms. The van der Waals surface area contributed by atoms with Crippen molar-refractivity contribution in [3.8, 4) is 0 Å². The summed E-state index contributed by atoms with van der Waals surface area (Å²) >= 11 is 0.300. The van der Waals surface area contributed by atoms with Crippen LogP contribution in [0.15, 0.2) is 0 Å². The third kappa shape index (κ3) is 11.3. The van der Waals surface area contributed by atoms with Gasteiger partial charge in [-0.1, -0.05) is 0 Å². The second-order valence-corrected chi connectivity index (χ2v) is 0. The molecular weight excluding hydrogens is 217 g/mol. The Balaban J connectivity index is -0.00000000500. The van der Waals surface area contributed by atoms with Crippen LogP contribution in [0, 0.1) is 0 Å². The van der Waals surface area contributed by atoms with Crippen LogP contribution in [0.25, 0.3) is 0 Å². The Labute approximate surface area is 48.6 Å². The van der Waals surface area contributed by atoms with Crippen LogP contribution >= 0.6 is 0 Å². The van der Waals surface area contributed by atoms with Crippen molar-refractivity contribution in [2.24, 2.45) is 0 Å². The summed E-state index contributed by atoms with van der Waals surface area (Å²) in [6.45, 7) is 0. The maximum atomic E-state index is 8.34. The van der Waals surface area contributed by atoms with Crippen molar-refractivity contribution in [3.05, 3.63) is 0 Å². The van der Waals surface area contributed by atoms with Crippen LogP contribution < -0.4 is 0 Å². The summed E-state index contributed by atoms with van der Waals surface area (Å²) in [7, 11) is 0. The molecule has 0 heterocycles. The molecule has 0 aromatic rings. The summed E-state index contributed by atoms with van der Waals surface area (Å²) in [6.07, 6.45) is 0. The molecule has 0 saturated carbocycles. The van der Waals surface area contributed by atoms with Crippen molar-refractivity contribution >= 4 is 23.0 Å². The molecule has 0 aliphatic carbocycles. The summed E-state index contributed by atoms with van der Waals surface area (Å²) in [5.41, 5.74) is 0. The molecule has 0 atom stereocenters. The second kappa shape index (κ2) is 32.6. The molecule has 0 fully saturated rings. The zero-order valence-electron chi connectivity index (χ0n) is 1.71. The number of rotatable bonds is 0. The molecule has 4 heavy (non-hydrogen) atoms. The fourth-order valence-electron chi connectivity index (χ4n) is 0. The monoisotopic (exact) mass is 219 g/mol. The van der Waals surface area contributed by atoms with E-state index in [1.165, 1.54) is 0 Å². The van der Waals surface area contributed by atoms with Crippen molar-refractivity contribution < 1.29 is 25.6 Å². The van der Waals surface area contributed by atoms with E-state index in [1.54, 1.807) is 0 Å². The molecule has 0 aliphatic heterocycles. The first kappa shape index (κ1) is 19.5. The van der Waals surface area contributed by atoms with Gasteiger partial charge in [-0.05, 0) is 0 Å². The van der Waals surface area contributed by atoms with Gasteiger partial charge in [-0.2, -0.15) is 0 Å². The normalized spacial score (nSPS) is 1.00. The molecular formula is H3CuO2Sb. The molecule has 0 aromatic carbocycles. The number of hydrogen-bond acceptors (Lipinski definition) is 1. The topological polar surface area (TPSA) is 48.6 Å². The molecule has 0 aliphatic rings. The van der Waals surface area contributed by atoms with Crippen LogP contribution in [-0.4, -0.2) is 28.5 Å². The molecule has 0 amide bonds. The summed E-state index contributed by atoms with van der Waals surface area (Å²) in [6, 6.07) is 0. The quantitative estimate of drug-likeness (QED) is 0.454. The van der Waals surface area contributed by atoms with Gasteiger partial charge in [-0.25, -0.2) is 0 Å². The van der Waals surface area contributed by atoms with Gasteiger partial charge in [0.25, 0.3) is 0 Å². The fourth-order valence-corrected chi connectivity index (χ4v) is 0. The van der Waals surface area contributed by atoms with Crippen molar-refractivity contribution in [1.82, 2.24) is 0 Å². The summed E-state index contributed by atoms with van der Waals surface area (Å²) in [5.74, 6) is 0. The third-order valence-corrected chi connectivity index (χ3v) is 0. The van der Waals surface area contributed by atoms with E-state index < -0.39 is 0 Å². The Morgan fingerprint density at radius 1 is 1.25 bits per heavy atom. The second-order valence-electron chi connectivity index (χ2n) is 0. The van der Waals surface area contributed by atoms with E-state index in [9.17, 15) is 0 Å². The molecule has 0 aromatic heterocycles. The summed E-state index contributed by atoms with van der Waals surface area (Å²) in [5, 5.41) is 0. The van der Waals surface area contributed by atoms with Crippen molar-refractivity contribution in [2.75, 3.05) is 0 Å². The van der Waals surface area contributed by atoms with Crippen LogP contribution in [0.2, 0.25) is 0 Å². The Hall–Kier alpha value is 1.10. The standard InChI is InChI=1S/Cu.H2O.O.Sb.H/h;1H2;;;. The van der Waals surface area contributed by atoms with Gasteiger partial charge in [0.15, 0.2) is 0 Å². The summed E-state index contributed by atoms with van der Waals surface area (Å²) in [4.78, 5) is 0. The van der Waals surface area contributed by atoms with Crippen LogP contribution in [-0.2, 0) is 20.1 Å². The molecule has 2 nitrogen and oxygen atoms in total. The molecule has 4 heteroatoms. The van der Waals surface area contributed by atoms with Gasteiger partial charge in [0, 0.05) is 17.1 Å². The first-order valence-electron chi connectivity index (χ1n) is 0.204. The van der Waals surface area contributed by atoms with Crippen LogP contribution in [0.1, 0.15) is 0 Å². The molecule has 2 N–H and O–H groups in total. The van der Waals surface area contributed by atoms with Crippen LogP contribution in [0.4, 0.5) is 0 Å². The van der Waals surface area contributed by atoms with Gasteiger partial charge in [0.2, 0.25) is 0 Å². The van der Waals surface area contributed by atoms with E-state index in [4.69, 9.17) is 3.02 Å². The minimum absolute atomic E-state index is 0. The molecule has 0 spiro atoms. The predicted molar refractivity (Wildman–Crippen MR) is 11.4 cm³/mol. The zero-order chi connectivity index (χ0) is 2.00. The van der Waals surface area contributed by atoms with E-state index in [0.29, 0.717) is 23.0 Å². The van der Waals surface area contributed by atoms with E-state index in [1.807, 2.05) is 0 Å². The first-order valence-corrected chi connectivity index (χ1v) is 1.37. The van der Waals surface area contributed by atoms with Gasteiger partial charge < -0.3 is 5.48 Å². The van der Waals surface area contributed by atoms with Gasteiger partial charge >= 0.3 is 26.0 Å². The third-order valence-electron chi connectivity index (χ3n) is 0. The fraction of sp³-hybridized carbons (Fsp3) is 0. The van der Waals surface area contributed by atoms with Crippen molar-refractivity contribution in [2.45, 2.75) is 0 Å². The molecule has 1 radical (unpaired) electrons. The number of hydrogen-bond donors (Lipinski definition) is 0. The van der Waals surface area contributed by atoms with Gasteiger partial charge in [0.05, 0.1) is 0 Å². The Morgan fingerprint density at radius 2 is 1.25 bits per heavy atom. The summed E-state index contributed by atoms with van der Waals surface area (Å²) < 4.78 is 8.34. The van der Waals surface area contributed by atoms with E-state index >= 15 is 0 Å². The van der Waals surface area contributed by atoms with Gasteiger partial charge in [-0.15, -0.1) is 0 Å². The van der Waals surface area contributed by atoms with Gasteiger partial charge in [0.1, 0.15) is 0 Å². The van der Waals surface area contributed by atoms with Crippen molar-refractivity contribution in [3.63, 3.8) is 0 Å². The average molecular weight is 220 g/mol. The minimum atomic E-state index is 0. The predicted octanol–water partition coefficient (Wildman–Crippen LogP) is -1.59. The average Bonchev–Trinajstić information content (AvgIpc) is 1.00. The molecule has 0 unspecified atom stereocenters. The van der Waals surface area contributed by atoms with Crippen LogP contribution in [0.5, 0.6) is 0 Å². The molecule has 31 valence electrons. The van der Waals surface area contributed by atoms with E-state index in [0.717, 1.165) is 0 Å². The SMILES string of the molecule is O.[Cu].[O]=[SbH]. The van der Waals surface area contributed by atoms with E-state index in [-0.39, 0.29) is 22.5 Å². The first-order chi connectivity index (χ1) is 1.00. The van der Waals surface area contributed by atoms with Gasteiger partial charge in [-0.3, -0.25) is 0 Å². The molecule has 0 rings (SSSR count). The molecule has 0 saturated heterocycles. The Morgan fingerprint density at radius 3 is 1.25 bits per heavy atom. The van der Waals surface area contributed by atoms with Crippen molar-refractivity contribution in [1.29, 1.82) is 0 Å².